The first-order valence-corrected chi connectivity index (χ1v) is 13.7. The van der Waals surface area contributed by atoms with Crippen molar-refractivity contribution in [2.75, 3.05) is 33.2 Å². The summed E-state index contributed by atoms with van der Waals surface area (Å²) < 4.78 is 0. The molecule has 1 aliphatic carbocycles. The highest BCUT2D eigenvalue weighted by Gasteiger charge is 2.35. The minimum absolute atomic E-state index is 0.0331. The van der Waals surface area contributed by atoms with Gasteiger partial charge >= 0.3 is 0 Å². The first-order valence-electron chi connectivity index (χ1n) is 13.7. The Labute approximate surface area is 225 Å². The van der Waals surface area contributed by atoms with E-state index in [9.17, 15) is 29.1 Å². The number of hydrogen-bond donors (Lipinski definition) is 5. The zero-order chi connectivity index (χ0) is 28.4. The van der Waals surface area contributed by atoms with E-state index in [1.807, 2.05) is 13.8 Å². The van der Waals surface area contributed by atoms with Crippen LogP contribution < -0.4 is 21.3 Å². The van der Waals surface area contributed by atoms with Crippen LogP contribution in [-0.2, 0) is 24.0 Å². The molecule has 2 aliphatic rings. The summed E-state index contributed by atoms with van der Waals surface area (Å²) in [4.78, 5) is 67.7. The summed E-state index contributed by atoms with van der Waals surface area (Å²) in [6.45, 7) is 6.86. The van der Waals surface area contributed by atoms with Gasteiger partial charge in [0.15, 0.2) is 0 Å². The van der Waals surface area contributed by atoms with E-state index in [2.05, 4.69) is 21.3 Å². The molecule has 12 nitrogen and oxygen atoms in total. The maximum absolute atomic E-state index is 13.6. The number of likely N-dealkylation sites (N-methyl/N-ethyl adjacent to an activating group) is 1. The predicted molar refractivity (Wildman–Crippen MR) is 142 cm³/mol. The third kappa shape index (κ3) is 9.23. The van der Waals surface area contributed by atoms with Gasteiger partial charge in [0.2, 0.25) is 29.5 Å². The predicted octanol–water partition coefficient (Wildman–Crippen LogP) is -0.889. The van der Waals surface area contributed by atoms with E-state index in [0.717, 1.165) is 32.1 Å². The van der Waals surface area contributed by atoms with E-state index >= 15 is 0 Å². The van der Waals surface area contributed by atoms with Crippen molar-refractivity contribution < 1.29 is 29.1 Å². The number of carbonyl (C=O) groups excluding carboxylic acids is 5. The Balaban J connectivity index is 2.31. The Hall–Kier alpha value is -2.73. The summed E-state index contributed by atoms with van der Waals surface area (Å²) in [5, 5.41) is 21.1. The van der Waals surface area contributed by atoms with Gasteiger partial charge in [-0.1, -0.05) is 33.1 Å². The maximum atomic E-state index is 13.6. The molecule has 0 aromatic carbocycles. The minimum atomic E-state index is -1.18. The second kappa shape index (κ2) is 15.0. The van der Waals surface area contributed by atoms with Crippen molar-refractivity contribution in [2.24, 2.45) is 5.92 Å². The third-order valence-corrected chi connectivity index (χ3v) is 7.22. The van der Waals surface area contributed by atoms with Crippen LogP contribution in [0.3, 0.4) is 0 Å². The van der Waals surface area contributed by atoms with Crippen LogP contribution in [0.5, 0.6) is 0 Å². The fraction of sp³-hybridized carbons (Fsp3) is 0.808. The molecule has 5 amide bonds. The molecule has 12 heteroatoms. The van der Waals surface area contributed by atoms with Crippen molar-refractivity contribution in [3.8, 4) is 0 Å². The second-order valence-corrected chi connectivity index (χ2v) is 10.9. The van der Waals surface area contributed by atoms with Gasteiger partial charge in [0.25, 0.3) is 0 Å². The molecule has 1 heterocycles. The average Bonchev–Trinajstić information content (AvgIpc) is 2.88. The molecule has 0 spiro atoms. The highest BCUT2D eigenvalue weighted by atomic mass is 16.3. The molecule has 2 rings (SSSR count). The van der Waals surface area contributed by atoms with Gasteiger partial charge in [0.05, 0.1) is 25.2 Å². The normalized spacial score (nSPS) is 27.3. The Morgan fingerprint density at radius 2 is 1.55 bits per heavy atom. The van der Waals surface area contributed by atoms with Crippen molar-refractivity contribution in [3.63, 3.8) is 0 Å². The molecule has 1 saturated carbocycles. The molecule has 2 fully saturated rings. The van der Waals surface area contributed by atoms with E-state index in [1.54, 1.807) is 18.9 Å². The van der Waals surface area contributed by atoms with Gasteiger partial charge in [0.1, 0.15) is 12.1 Å². The largest absolute Gasteiger partial charge is 0.391 e. The van der Waals surface area contributed by atoms with Crippen LogP contribution in [0.25, 0.3) is 0 Å². The van der Waals surface area contributed by atoms with Gasteiger partial charge in [-0.2, -0.15) is 0 Å². The van der Waals surface area contributed by atoms with Gasteiger partial charge in [-0.3, -0.25) is 24.0 Å². The number of nitrogens with one attached hydrogen (secondary N) is 4. The van der Waals surface area contributed by atoms with Crippen molar-refractivity contribution in [3.05, 3.63) is 0 Å². The Morgan fingerprint density at radius 1 is 0.921 bits per heavy atom. The number of carbonyl (C=O) groups is 5. The number of aliphatic hydroxyl groups is 1. The molecule has 1 aliphatic heterocycles. The van der Waals surface area contributed by atoms with E-state index in [4.69, 9.17) is 0 Å². The Kier molecular flexibility index (Phi) is 12.4. The number of aliphatic hydroxyl groups excluding tert-OH is 1. The molecule has 0 aromatic heterocycles. The lowest BCUT2D eigenvalue weighted by atomic mass is 9.93. The number of nitrogens with zero attached hydrogens (tertiary/aromatic N) is 2. The quantitative estimate of drug-likeness (QED) is 0.310. The van der Waals surface area contributed by atoms with Crippen LogP contribution in [0.15, 0.2) is 0 Å². The standard InChI is InChI=1S/C26H46N6O6/c1-16(2)13-20-24(36)29-14-21(34)28-15-22(35)30-23(18(4)33)26(38)32(19-9-7-6-8-10-19)12-11-27-17(3)25(37)31(20)5/h16-20,23,27,33H,6-15H2,1-5H3,(H,28,34)(H,29,36)(H,30,35)/t17?,18-,20?,23?/m0/s1. The van der Waals surface area contributed by atoms with Gasteiger partial charge in [-0.05, 0) is 39.0 Å². The Morgan fingerprint density at radius 3 is 2.16 bits per heavy atom. The van der Waals surface area contributed by atoms with Gasteiger partial charge < -0.3 is 36.2 Å². The summed E-state index contributed by atoms with van der Waals surface area (Å²) in [6, 6.07) is -2.61. The van der Waals surface area contributed by atoms with Gasteiger partial charge in [-0.25, -0.2) is 0 Å². The smallest absolute Gasteiger partial charge is 0.248 e. The van der Waals surface area contributed by atoms with Gasteiger partial charge in [0, 0.05) is 26.2 Å². The lowest BCUT2D eigenvalue weighted by Gasteiger charge is -2.38. The fourth-order valence-corrected chi connectivity index (χ4v) is 5.02. The fourth-order valence-electron chi connectivity index (χ4n) is 5.02. The van der Waals surface area contributed by atoms with Crippen LogP contribution in [-0.4, -0.2) is 108 Å². The van der Waals surface area contributed by atoms with Crippen molar-refractivity contribution in [1.29, 1.82) is 0 Å². The SMILES string of the molecule is CC(C)CC1C(=O)NCC(=O)NCC(=O)NC([C@H](C)O)C(=O)N(C2CCCCC2)CCNC(C)C(=O)N1C. The van der Waals surface area contributed by atoms with E-state index in [0.29, 0.717) is 13.0 Å². The minimum Gasteiger partial charge on any atom is -0.391 e. The number of amides is 5. The molecule has 216 valence electrons. The molecule has 0 bridgehead atoms. The number of rotatable bonds is 4. The van der Waals surface area contributed by atoms with Crippen LogP contribution in [0.4, 0.5) is 0 Å². The summed E-state index contributed by atoms with van der Waals surface area (Å²) in [7, 11) is 1.57. The molecule has 4 atom stereocenters. The van der Waals surface area contributed by atoms with Crippen molar-refractivity contribution in [2.45, 2.75) is 96.5 Å². The number of hydrogen-bond acceptors (Lipinski definition) is 7. The second-order valence-electron chi connectivity index (χ2n) is 10.9. The first kappa shape index (κ1) is 31.5. The monoisotopic (exact) mass is 538 g/mol. The van der Waals surface area contributed by atoms with Crippen LogP contribution in [0.2, 0.25) is 0 Å². The molecular weight excluding hydrogens is 492 g/mol. The van der Waals surface area contributed by atoms with E-state index in [-0.39, 0.29) is 31.0 Å². The zero-order valence-electron chi connectivity index (χ0n) is 23.4. The van der Waals surface area contributed by atoms with Gasteiger partial charge in [-0.15, -0.1) is 0 Å². The summed E-state index contributed by atoms with van der Waals surface area (Å²) in [6.07, 6.45) is 3.97. The third-order valence-electron chi connectivity index (χ3n) is 7.22. The highest BCUT2D eigenvalue weighted by Crippen LogP contribution is 2.23. The van der Waals surface area contributed by atoms with Crippen LogP contribution in [0, 0.1) is 5.92 Å². The molecule has 38 heavy (non-hydrogen) atoms. The van der Waals surface area contributed by atoms with E-state index < -0.39 is 54.4 Å². The molecule has 5 N–H and O–H groups in total. The average molecular weight is 539 g/mol. The zero-order valence-corrected chi connectivity index (χ0v) is 23.4. The summed E-state index contributed by atoms with van der Waals surface area (Å²) in [5.41, 5.74) is 0. The molecule has 0 aromatic rings. The molecule has 0 radical (unpaired) electrons. The van der Waals surface area contributed by atoms with Crippen LogP contribution in [0.1, 0.15) is 66.2 Å². The van der Waals surface area contributed by atoms with E-state index in [1.165, 1.54) is 11.8 Å². The maximum Gasteiger partial charge on any atom is 0.248 e. The topological polar surface area (TPSA) is 160 Å². The van der Waals surface area contributed by atoms with Crippen molar-refractivity contribution >= 4 is 29.5 Å². The highest BCUT2D eigenvalue weighted by molar-refractivity contribution is 5.93. The lowest BCUT2D eigenvalue weighted by Crippen LogP contribution is -2.59. The van der Waals surface area contributed by atoms with Crippen LogP contribution >= 0.6 is 0 Å². The first-order chi connectivity index (χ1) is 17.9. The molecule has 1 saturated heterocycles. The lowest BCUT2D eigenvalue weighted by molar-refractivity contribution is -0.142. The molecule has 3 unspecified atom stereocenters. The van der Waals surface area contributed by atoms with Crippen molar-refractivity contribution in [1.82, 2.24) is 31.1 Å². The Bertz CT molecular complexity index is 844. The summed E-state index contributed by atoms with van der Waals surface area (Å²) in [5.74, 6) is -2.22. The molecular formula is C26H46N6O6. The summed E-state index contributed by atoms with van der Waals surface area (Å²) >= 11 is 0.